The van der Waals surface area contributed by atoms with Crippen molar-refractivity contribution in [3.05, 3.63) is 35.0 Å². The van der Waals surface area contributed by atoms with Crippen molar-refractivity contribution < 1.29 is 19.0 Å². The van der Waals surface area contributed by atoms with Crippen LogP contribution in [0.3, 0.4) is 0 Å². The Kier molecular flexibility index (Phi) is 4.34. The second-order valence-electron chi connectivity index (χ2n) is 5.66. The number of aryl methyl sites for hydroxylation is 1. The van der Waals surface area contributed by atoms with Gasteiger partial charge in [-0.3, -0.25) is 0 Å². The summed E-state index contributed by atoms with van der Waals surface area (Å²) < 4.78 is 16.3. The normalized spacial score (nSPS) is 12.8. The van der Waals surface area contributed by atoms with Gasteiger partial charge in [-0.15, -0.1) is 11.3 Å². The fourth-order valence-electron chi connectivity index (χ4n) is 2.82. The number of aromatic nitrogens is 2. The van der Waals surface area contributed by atoms with Crippen LogP contribution in [0.2, 0.25) is 0 Å². The molecule has 0 radical (unpaired) electrons. The molecule has 0 bridgehead atoms. The van der Waals surface area contributed by atoms with Crippen LogP contribution in [0.25, 0.3) is 10.2 Å². The molecule has 0 saturated heterocycles. The van der Waals surface area contributed by atoms with E-state index in [0.29, 0.717) is 36.3 Å². The van der Waals surface area contributed by atoms with Crippen LogP contribution in [-0.4, -0.2) is 35.8 Å². The molecule has 8 heteroatoms. The van der Waals surface area contributed by atoms with Crippen molar-refractivity contribution in [1.29, 1.82) is 0 Å². The number of benzene rings is 1. The summed E-state index contributed by atoms with van der Waals surface area (Å²) in [7, 11) is 0. The van der Waals surface area contributed by atoms with Gasteiger partial charge >= 0.3 is 5.97 Å². The van der Waals surface area contributed by atoms with Gasteiger partial charge in [0.25, 0.3) is 0 Å². The first kappa shape index (κ1) is 16.6. The molecule has 1 aliphatic rings. The minimum atomic E-state index is -0.335. The van der Waals surface area contributed by atoms with Gasteiger partial charge in [0.2, 0.25) is 0 Å². The molecule has 134 valence electrons. The van der Waals surface area contributed by atoms with Gasteiger partial charge in [-0.1, -0.05) is 0 Å². The zero-order valence-electron chi connectivity index (χ0n) is 14.4. The number of carbonyl (C=O) groups excluding carboxylic acids is 1. The molecule has 26 heavy (non-hydrogen) atoms. The average Bonchev–Trinajstić information content (AvgIpc) is 3.00. The number of thiophene rings is 1. The van der Waals surface area contributed by atoms with Crippen molar-refractivity contribution in [2.24, 2.45) is 0 Å². The van der Waals surface area contributed by atoms with E-state index in [1.807, 2.05) is 25.1 Å². The number of hydrogen-bond acceptors (Lipinski definition) is 8. The second kappa shape index (κ2) is 6.80. The average molecular weight is 371 g/mol. The van der Waals surface area contributed by atoms with E-state index in [1.165, 1.54) is 17.7 Å². The van der Waals surface area contributed by atoms with Crippen LogP contribution < -0.4 is 14.8 Å². The van der Waals surface area contributed by atoms with Crippen LogP contribution in [0, 0.1) is 6.92 Å². The molecular formula is C18H17N3O4S. The highest BCUT2D eigenvalue weighted by Gasteiger charge is 2.20. The molecule has 1 N–H and O–H groups in total. The number of carbonyl (C=O) groups is 1. The molecular weight excluding hydrogens is 354 g/mol. The number of ether oxygens (including phenoxy) is 3. The van der Waals surface area contributed by atoms with Crippen molar-refractivity contribution in [3.8, 4) is 11.5 Å². The van der Waals surface area contributed by atoms with E-state index in [9.17, 15) is 4.79 Å². The van der Waals surface area contributed by atoms with Gasteiger partial charge in [-0.25, -0.2) is 14.8 Å². The maximum Gasteiger partial charge on any atom is 0.348 e. The molecule has 4 rings (SSSR count). The number of rotatable bonds is 4. The summed E-state index contributed by atoms with van der Waals surface area (Å²) in [6.45, 7) is 5.08. The number of nitrogens with one attached hydrogen (secondary N) is 1. The molecule has 0 spiro atoms. The number of anilines is 2. The maximum atomic E-state index is 12.2. The fraction of sp³-hybridized carbons (Fsp3) is 0.278. The summed E-state index contributed by atoms with van der Waals surface area (Å²) in [5, 5.41) is 4.11. The van der Waals surface area contributed by atoms with Gasteiger partial charge in [-0.05, 0) is 31.5 Å². The van der Waals surface area contributed by atoms with Crippen LogP contribution in [0.15, 0.2) is 24.5 Å². The highest BCUT2D eigenvalue weighted by Crippen LogP contribution is 2.37. The van der Waals surface area contributed by atoms with Crippen molar-refractivity contribution in [3.63, 3.8) is 0 Å². The molecule has 0 atom stereocenters. The second-order valence-corrected chi connectivity index (χ2v) is 6.66. The quantitative estimate of drug-likeness (QED) is 0.700. The molecule has 0 aliphatic carbocycles. The van der Waals surface area contributed by atoms with Gasteiger partial charge in [0.15, 0.2) is 11.5 Å². The lowest BCUT2D eigenvalue weighted by molar-refractivity contribution is 0.0531. The number of esters is 1. The van der Waals surface area contributed by atoms with Gasteiger partial charge in [0, 0.05) is 11.8 Å². The molecule has 3 aromatic rings. The van der Waals surface area contributed by atoms with Crippen LogP contribution in [0.1, 0.15) is 22.2 Å². The zero-order chi connectivity index (χ0) is 18.1. The van der Waals surface area contributed by atoms with Gasteiger partial charge in [0.1, 0.15) is 35.1 Å². The molecule has 0 unspecified atom stereocenters. The topological polar surface area (TPSA) is 82.6 Å². The monoisotopic (exact) mass is 371 g/mol. The summed E-state index contributed by atoms with van der Waals surface area (Å²) in [6, 6.07) is 5.63. The third-order valence-corrected chi connectivity index (χ3v) is 5.17. The fourth-order valence-corrected chi connectivity index (χ4v) is 3.86. The molecule has 2 aromatic heterocycles. The standard InChI is InChI=1S/C18H17N3O4S/c1-3-23-18(22)15-10(2)14-16(19-9-20-17(14)26-15)21-11-4-5-12-13(8-11)25-7-6-24-12/h4-5,8-9H,3,6-7H2,1-2H3,(H,19,20,21). The Balaban J connectivity index is 1.71. The van der Waals surface area contributed by atoms with Crippen LogP contribution >= 0.6 is 11.3 Å². The molecule has 7 nitrogen and oxygen atoms in total. The maximum absolute atomic E-state index is 12.2. The third kappa shape index (κ3) is 2.92. The van der Waals surface area contributed by atoms with Gasteiger partial charge in [0.05, 0.1) is 12.0 Å². The highest BCUT2D eigenvalue weighted by atomic mass is 32.1. The van der Waals surface area contributed by atoms with E-state index in [1.54, 1.807) is 6.92 Å². The van der Waals surface area contributed by atoms with E-state index in [-0.39, 0.29) is 5.97 Å². The van der Waals surface area contributed by atoms with E-state index in [2.05, 4.69) is 15.3 Å². The largest absolute Gasteiger partial charge is 0.486 e. The number of hydrogen-bond donors (Lipinski definition) is 1. The van der Waals surface area contributed by atoms with E-state index in [4.69, 9.17) is 14.2 Å². The smallest absolute Gasteiger partial charge is 0.348 e. The van der Waals surface area contributed by atoms with Crippen molar-refractivity contribution in [1.82, 2.24) is 9.97 Å². The lowest BCUT2D eigenvalue weighted by Gasteiger charge is -2.19. The van der Waals surface area contributed by atoms with E-state index < -0.39 is 0 Å². The lowest BCUT2D eigenvalue weighted by Crippen LogP contribution is -2.15. The summed E-state index contributed by atoms with van der Waals surface area (Å²) in [4.78, 5) is 22.1. The summed E-state index contributed by atoms with van der Waals surface area (Å²) in [5.74, 6) is 1.72. The van der Waals surface area contributed by atoms with E-state index in [0.717, 1.165) is 27.2 Å². The molecule has 0 saturated carbocycles. The minimum Gasteiger partial charge on any atom is -0.486 e. The number of fused-ring (bicyclic) bond motifs is 2. The zero-order valence-corrected chi connectivity index (χ0v) is 15.2. The van der Waals surface area contributed by atoms with Gasteiger partial charge in [-0.2, -0.15) is 0 Å². The predicted molar refractivity (Wildman–Crippen MR) is 98.8 cm³/mol. The Morgan fingerprint density at radius 1 is 1.27 bits per heavy atom. The SMILES string of the molecule is CCOC(=O)c1sc2ncnc(Nc3ccc4c(c3)OCCO4)c2c1C. The first-order chi connectivity index (χ1) is 12.7. The van der Waals surface area contributed by atoms with Crippen molar-refractivity contribution >= 4 is 39.0 Å². The Morgan fingerprint density at radius 3 is 2.88 bits per heavy atom. The summed E-state index contributed by atoms with van der Waals surface area (Å²) in [6.07, 6.45) is 1.48. The Labute approximate surface area is 153 Å². The minimum absolute atomic E-state index is 0.334. The Hall–Kier alpha value is -2.87. The molecule has 0 amide bonds. The van der Waals surface area contributed by atoms with Crippen molar-refractivity contribution in [2.45, 2.75) is 13.8 Å². The van der Waals surface area contributed by atoms with Crippen molar-refractivity contribution in [2.75, 3.05) is 25.1 Å². The van der Waals surface area contributed by atoms with Crippen LogP contribution in [0.4, 0.5) is 11.5 Å². The Morgan fingerprint density at radius 2 is 2.08 bits per heavy atom. The van der Waals surface area contributed by atoms with Crippen LogP contribution in [-0.2, 0) is 4.74 Å². The third-order valence-electron chi connectivity index (χ3n) is 3.99. The van der Waals surface area contributed by atoms with Crippen LogP contribution in [0.5, 0.6) is 11.5 Å². The lowest BCUT2D eigenvalue weighted by atomic mass is 10.2. The number of nitrogens with zero attached hydrogens (tertiary/aromatic N) is 2. The molecule has 3 heterocycles. The molecule has 1 aliphatic heterocycles. The first-order valence-corrected chi connectivity index (χ1v) is 9.07. The molecule has 1 aromatic carbocycles. The summed E-state index contributed by atoms with van der Waals surface area (Å²) >= 11 is 1.31. The highest BCUT2D eigenvalue weighted by molar-refractivity contribution is 7.20. The Bertz CT molecular complexity index is 986. The first-order valence-electron chi connectivity index (χ1n) is 8.25. The predicted octanol–water partition coefficient (Wildman–Crippen LogP) is 3.69. The molecule has 0 fully saturated rings. The summed E-state index contributed by atoms with van der Waals surface area (Å²) in [5.41, 5.74) is 1.63. The van der Waals surface area contributed by atoms with Gasteiger partial charge < -0.3 is 19.5 Å². The van der Waals surface area contributed by atoms with E-state index >= 15 is 0 Å².